The zero-order valence-corrected chi connectivity index (χ0v) is 16.2. The van der Waals surface area contributed by atoms with Gasteiger partial charge in [0.25, 0.3) is 0 Å². The summed E-state index contributed by atoms with van der Waals surface area (Å²) in [6.45, 7) is 1.89. The van der Waals surface area contributed by atoms with Crippen molar-refractivity contribution in [1.82, 2.24) is 19.7 Å². The van der Waals surface area contributed by atoms with Crippen molar-refractivity contribution in [1.29, 1.82) is 0 Å². The molecule has 1 amide bonds. The van der Waals surface area contributed by atoms with Crippen LogP contribution in [-0.4, -0.2) is 31.4 Å². The first-order valence-electron chi connectivity index (χ1n) is 7.03. The highest BCUT2D eigenvalue weighted by Crippen LogP contribution is 2.28. The minimum atomic E-state index is -0.111. The van der Waals surface area contributed by atoms with Crippen molar-refractivity contribution >= 4 is 50.1 Å². The highest BCUT2D eigenvalue weighted by Gasteiger charge is 2.15. The SMILES string of the molecule is Cc1csc(NC(=O)CSc2nnc(-c3ccccc3Br)n2C)n1. The normalized spacial score (nSPS) is 10.8. The second kappa shape index (κ2) is 7.45. The molecular weight excluding hydrogens is 410 g/mol. The van der Waals surface area contributed by atoms with Gasteiger partial charge in [0.05, 0.1) is 11.4 Å². The van der Waals surface area contributed by atoms with Crippen LogP contribution >= 0.6 is 39.0 Å². The number of amides is 1. The van der Waals surface area contributed by atoms with Crippen molar-refractivity contribution in [2.24, 2.45) is 7.05 Å². The highest BCUT2D eigenvalue weighted by atomic mass is 79.9. The first-order chi connectivity index (χ1) is 11.5. The summed E-state index contributed by atoms with van der Waals surface area (Å²) in [5.74, 6) is 0.890. The molecule has 0 saturated carbocycles. The number of nitrogens with one attached hydrogen (secondary N) is 1. The number of benzene rings is 1. The van der Waals surface area contributed by atoms with Gasteiger partial charge in [0, 0.05) is 22.5 Å². The monoisotopic (exact) mass is 423 g/mol. The Morgan fingerprint density at radius 2 is 2.17 bits per heavy atom. The van der Waals surface area contributed by atoms with E-state index in [1.807, 2.05) is 48.2 Å². The number of hydrogen-bond donors (Lipinski definition) is 1. The summed E-state index contributed by atoms with van der Waals surface area (Å²) in [5.41, 5.74) is 1.86. The van der Waals surface area contributed by atoms with Crippen LogP contribution in [0.25, 0.3) is 11.4 Å². The number of hydrogen-bond acceptors (Lipinski definition) is 6. The fourth-order valence-electron chi connectivity index (χ4n) is 2.01. The van der Waals surface area contributed by atoms with E-state index in [2.05, 4.69) is 36.4 Å². The summed E-state index contributed by atoms with van der Waals surface area (Å²) in [5, 5.41) is 14.4. The Morgan fingerprint density at radius 3 is 2.88 bits per heavy atom. The first-order valence-corrected chi connectivity index (χ1v) is 9.69. The summed E-state index contributed by atoms with van der Waals surface area (Å²) >= 11 is 6.28. The number of halogens is 1. The average molecular weight is 424 g/mol. The van der Waals surface area contributed by atoms with E-state index in [-0.39, 0.29) is 11.7 Å². The van der Waals surface area contributed by atoms with Crippen LogP contribution in [0.4, 0.5) is 5.13 Å². The quantitative estimate of drug-likeness (QED) is 0.632. The Kier molecular flexibility index (Phi) is 5.32. The summed E-state index contributed by atoms with van der Waals surface area (Å²) in [4.78, 5) is 16.2. The third kappa shape index (κ3) is 3.85. The standard InChI is InChI=1S/C15H14BrN5OS2/c1-9-7-23-14(17-9)18-12(22)8-24-15-20-19-13(21(15)2)10-5-3-4-6-11(10)16/h3-7H,8H2,1-2H3,(H,17,18,22). The molecule has 3 rings (SSSR count). The molecule has 124 valence electrons. The van der Waals surface area contributed by atoms with Gasteiger partial charge in [0.2, 0.25) is 5.91 Å². The molecule has 0 fully saturated rings. The Hall–Kier alpha value is -1.71. The van der Waals surface area contributed by atoms with Crippen LogP contribution in [0.5, 0.6) is 0 Å². The third-order valence-electron chi connectivity index (χ3n) is 3.15. The van der Waals surface area contributed by atoms with E-state index in [4.69, 9.17) is 0 Å². The van der Waals surface area contributed by atoms with Crippen LogP contribution in [0, 0.1) is 6.92 Å². The van der Waals surface area contributed by atoms with E-state index >= 15 is 0 Å². The van der Waals surface area contributed by atoms with Gasteiger partial charge >= 0.3 is 0 Å². The maximum atomic E-state index is 12.0. The lowest BCUT2D eigenvalue weighted by atomic mass is 10.2. The smallest absolute Gasteiger partial charge is 0.236 e. The molecule has 0 unspecified atom stereocenters. The van der Waals surface area contributed by atoms with E-state index in [0.29, 0.717) is 10.3 Å². The molecule has 0 saturated heterocycles. The van der Waals surface area contributed by atoms with Crippen molar-refractivity contribution in [3.05, 3.63) is 39.8 Å². The van der Waals surface area contributed by atoms with Crippen molar-refractivity contribution in [3.63, 3.8) is 0 Å². The molecule has 6 nitrogen and oxygen atoms in total. The maximum absolute atomic E-state index is 12.0. The molecule has 2 aromatic heterocycles. The van der Waals surface area contributed by atoms with Gasteiger partial charge in [-0.15, -0.1) is 21.5 Å². The molecule has 0 radical (unpaired) electrons. The van der Waals surface area contributed by atoms with Gasteiger partial charge in [-0.25, -0.2) is 4.98 Å². The summed E-state index contributed by atoms with van der Waals surface area (Å²) in [6, 6.07) is 7.83. The maximum Gasteiger partial charge on any atom is 0.236 e. The number of rotatable bonds is 5. The molecule has 0 aliphatic heterocycles. The summed E-state index contributed by atoms with van der Waals surface area (Å²) < 4.78 is 2.83. The van der Waals surface area contributed by atoms with Crippen molar-refractivity contribution in [3.8, 4) is 11.4 Å². The molecule has 1 N–H and O–H groups in total. The van der Waals surface area contributed by atoms with Gasteiger partial charge in [-0.05, 0) is 13.0 Å². The van der Waals surface area contributed by atoms with Crippen LogP contribution in [0.3, 0.4) is 0 Å². The molecule has 0 aliphatic carbocycles. The number of anilines is 1. The summed E-state index contributed by atoms with van der Waals surface area (Å²) in [7, 11) is 1.89. The van der Waals surface area contributed by atoms with Gasteiger partial charge in [0.1, 0.15) is 0 Å². The molecule has 3 aromatic rings. The van der Waals surface area contributed by atoms with E-state index in [1.165, 1.54) is 23.1 Å². The lowest BCUT2D eigenvalue weighted by Gasteiger charge is -2.05. The molecular formula is C15H14BrN5OS2. The van der Waals surface area contributed by atoms with Crippen LogP contribution in [0.2, 0.25) is 0 Å². The number of thiazole rings is 1. The summed E-state index contributed by atoms with van der Waals surface area (Å²) in [6.07, 6.45) is 0. The van der Waals surface area contributed by atoms with Crippen molar-refractivity contribution in [2.75, 3.05) is 11.1 Å². The lowest BCUT2D eigenvalue weighted by molar-refractivity contribution is -0.113. The zero-order valence-electron chi connectivity index (χ0n) is 13.0. The average Bonchev–Trinajstić information content (AvgIpc) is 3.12. The van der Waals surface area contributed by atoms with E-state index in [0.717, 1.165) is 21.6 Å². The predicted octanol–water partition coefficient (Wildman–Crippen LogP) is 3.74. The van der Waals surface area contributed by atoms with Crippen molar-refractivity contribution in [2.45, 2.75) is 12.1 Å². The lowest BCUT2D eigenvalue weighted by Crippen LogP contribution is -2.14. The molecule has 24 heavy (non-hydrogen) atoms. The fraction of sp³-hybridized carbons (Fsp3) is 0.200. The van der Waals surface area contributed by atoms with Crippen LogP contribution < -0.4 is 5.32 Å². The van der Waals surface area contributed by atoms with Crippen LogP contribution in [-0.2, 0) is 11.8 Å². The van der Waals surface area contributed by atoms with E-state index in [1.54, 1.807) is 0 Å². The second-order valence-electron chi connectivity index (χ2n) is 4.98. The minimum absolute atomic E-state index is 0.111. The number of aromatic nitrogens is 4. The molecule has 0 aliphatic rings. The Morgan fingerprint density at radius 1 is 1.38 bits per heavy atom. The number of thioether (sulfide) groups is 1. The minimum Gasteiger partial charge on any atom is -0.305 e. The number of carbonyl (C=O) groups excluding carboxylic acids is 1. The molecule has 9 heteroatoms. The van der Waals surface area contributed by atoms with Gasteiger partial charge in [-0.1, -0.05) is 45.9 Å². The largest absolute Gasteiger partial charge is 0.305 e. The fourth-order valence-corrected chi connectivity index (χ4v) is 3.89. The van der Waals surface area contributed by atoms with Gasteiger partial charge in [-0.3, -0.25) is 4.79 Å². The van der Waals surface area contributed by atoms with Gasteiger partial charge in [-0.2, -0.15) is 0 Å². The topological polar surface area (TPSA) is 72.7 Å². The Bertz CT molecular complexity index is 876. The Labute approximate surface area is 155 Å². The van der Waals surface area contributed by atoms with Crippen LogP contribution in [0.1, 0.15) is 5.69 Å². The van der Waals surface area contributed by atoms with Gasteiger partial charge < -0.3 is 9.88 Å². The molecule has 2 heterocycles. The molecule has 1 aromatic carbocycles. The number of aryl methyl sites for hydroxylation is 1. The Balaban J connectivity index is 1.66. The molecule has 0 spiro atoms. The first kappa shape index (κ1) is 17.1. The van der Waals surface area contributed by atoms with Crippen LogP contribution in [0.15, 0.2) is 39.3 Å². The predicted molar refractivity (Wildman–Crippen MR) is 100 cm³/mol. The molecule has 0 atom stereocenters. The number of carbonyl (C=O) groups is 1. The zero-order chi connectivity index (χ0) is 17.1. The van der Waals surface area contributed by atoms with E-state index < -0.39 is 0 Å². The van der Waals surface area contributed by atoms with E-state index in [9.17, 15) is 4.79 Å². The van der Waals surface area contributed by atoms with Crippen molar-refractivity contribution < 1.29 is 4.79 Å². The van der Waals surface area contributed by atoms with Gasteiger partial charge in [0.15, 0.2) is 16.1 Å². The highest BCUT2D eigenvalue weighted by molar-refractivity contribution is 9.10. The second-order valence-corrected chi connectivity index (χ2v) is 7.63. The third-order valence-corrected chi connectivity index (χ3v) is 5.73. The number of nitrogens with zero attached hydrogens (tertiary/aromatic N) is 4. The molecule has 0 bridgehead atoms.